The van der Waals surface area contributed by atoms with Crippen molar-refractivity contribution in [3.05, 3.63) is 0 Å². The maximum absolute atomic E-state index is 11.6. The van der Waals surface area contributed by atoms with E-state index >= 15 is 0 Å². The van der Waals surface area contributed by atoms with E-state index in [4.69, 9.17) is 0 Å². The lowest BCUT2D eigenvalue weighted by molar-refractivity contribution is -0.165. The zero-order valence-corrected chi connectivity index (χ0v) is 7.25. The number of hydrogen-bond donors (Lipinski definition) is 1. The number of nitrogens with zero attached hydrogens (tertiary/aromatic N) is 1. The molecule has 2 fully saturated rings. The van der Waals surface area contributed by atoms with Gasteiger partial charge in [-0.3, -0.25) is 10.0 Å². The molecular formula is C9H15NO2. The molecule has 1 spiro atoms. The largest absolute Gasteiger partial charge is 0.286 e. The summed E-state index contributed by atoms with van der Waals surface area (Å²) in [7, 11) is 0. The Kier molecular flexibility index (Phi) is 1.83. The first kappa shape index (κ1) is 8.05. The zero-order chi connectivity index (χ0) is 8.60. The summed E-state index contributed by atoms with van der Waals surface area (Å²) < 4.78 is 0. The van der Waals surface area contributed by atoms with Crippen LogP contribution in [0.2, 0.25) is 0 Å². The number of amides is 1. The maximum Gasteiger partial charge on any atom is 0.252 e. The second-order valence-corrected chi connectivity index (χ2v) is 4.02. The molecule has 68 valence electrons. The first-order chi connectivity index (χ1) is 5.75. The van der Waals surface area contributed by atoms with Crippen molar-refractivity contribution in [3.8, 4) is 0 Å². The molecule has 0 unspecified atom stereocenters. The lowest BCUT2D eigenvalue weighted by Gasteiger charge is -2.30. The van der Waals surface area contributed by atoms with Crippen LogP contribution in [0.3, 0.4) is 0 Å². The third-order valence-corrected chi connectivity index (χ3v) is 3.30. The molecule has 3 nitrogen and oxygen atoms in total. The minimum atomic E-state index is -0.160. The van der Waals surface area contributed by atoms with E-state index in [1.54, 1.807) is 0 Å². The number of hydrogen-bond acceptors (Lipinski definition) is 2. The van der Waals surface area contributed by atoms with Crippen LogP contribution in [-0.2, 0) is 4.79 Å². The Balaban J connectivity index is 2.14. The van der Waals surface area contributed by atoms with Gasteiger partial charge in [-0.15, -0.1) is 0 Å². The van der Waals surface area contributed by atoms with Crippen LogP contribution in [0.4, 0.5) is 0 Å². The normalized spacial score (nSPS) is 28.4. The minimum absolute atomic E-state index is 0.0257. The molecule has 0 bridgehead atoms. The maximum atomic E-state index is 11.6. The first-order valence-corrected chi connectivity index (χ1v) is 4.75. The van der Waals surface area contributed by atoms with Crippen molar-refractivity contribution in [1.29, 1.82) is 0 Å². The van der Waals surface area contributed by atoms with E-state index in [0.29, 0.717) is 6.54 Å². The predicted octanol–water partition coefficient (Wildman–Crippen LogP) is 1.56. The monoisotopic (exact) mass is 169 g/mol. The van der Waals surface area contributed by atoms with E-state index in [0.717, 1.165) is 37.2 Å². The smallest absolute Gasteiger partial charge is 0.252 e. The first-order valence-electron chi connectivity index (χ1n) is 4.75. The van der Waals surface area contributed by atoms with E-state index in [1.165, 1.54) is 6.42 Å². The van der Waals surface area contributed by atoms with E-state index in [2.05, 4.69) is 0 Å². The van der Waals surface area contributed by atoms with Crippen molar-refractivity contribution in [1.82, 2.24) is 5.06 Å². The molecule has 2 aliphatic rings. The Labute approximate surface area is 72.3 Å². The summed E-state index contributed by atoms with van der Waals surface area (Å²) in [5.74, 6) is -0.0257. The highest BCUT2D eigenvalue weighted by atomic mass is 16.5. The summed E-state index contributed by atoms with van der Waals surface area (Å²) in [5.41, 5.74) is -0.160. The van der Waals surface area contributed by atoms with Gasteiger partial charge in [0.25, 0.3) is 5.91 Å². The van der Waals surface area contributed by atoms with Gasteiger partial charge < -0.3 is 0 Å². The van der Waals surface area contributed by atoms with Crippen LogP contribution in [0.25, 0.3) is 0 Å². The van der Waals surface area contributed by atoms with E-state index in [1.807, 2.05) is 0 Å². The highest BCUT2D eigenvalue weighted by Gasteiger charge is 2.46. The summed E-state index contributed by atoms with van der Waals surface area (Å²) in [5, 5.41) is 10.1. The van der Waals surface area contributed by atoms with Gasteiger partial charge in [0.1, 0.15) is 0 Å². The number of carbonyl (C=O) groups excluding carboxylic acids is 1. The van der Waals surface area contributed by atoms with Crippen LogP contribution in [0.5, 0.6) is 0 Å². The molecular weight excluding hydrogens is 154 g/mol. The second kappa shape index (κ2) is 2.73. The lowest BCUT2D eigenvalue weighted by Crippen LogP contribution is -2.34. The number of rotatable bonds is 0. The van der Waals surface area contributed by atoms with Crippen molar-refractivity contribution in [2.75, 3.05) is 6.54 Å². The highest BCUT2D eigenvalue weighted by Crippen LogP contribution is 2.43. The van der Waals surface area contributed by atoms with E-state index in [-0.39, 0.29) is 11.3 Å². The zero-order valence-electron chi connectivity index (χ0n) is 7.25. The molecule has 0 aromatic heterocycles. The van der Waals surface area contributed by atoms with Crippen molar-refractivity contribution in [3.63, 3.8) is 0 Å². The van der Waals surface area contributed by atoms with Crippen LogP contribution in [0.1, 0.15) is 38.5 Å². The summed E-state index contributed by atoms with van der Waals surface area (Å²) >= 11 is 0. The van der Waals surface area contributed by atoms with Crippen molar-refractivity contribution < 1.29 is 10.0 Å². The average molecular weight is 169 g/mol. The fourth-order valence-electron chi connectivity index (χ4n) is 2.49. The average Bonchev–Trinajstić information content (AvgIpc) is 2.37. The van der Waals surface area contributed by atoms with Crippen LogP contribution in [0.15, 0.2) is 0 Å². The molecule has 3 heteroatoms. The second-order valence-electron chi connectivity index (χ2n) is 4.02. The van der Waals surface area contributed by atoms with Gasteiger partial charge in [0.2, 0.25) is 0 Å². The summed E-state index contributed by atoms with van der Waals surface area (Å²) in [4.78, 5) is 11.6. The van der Waals surface area contributed by atoms with Gasteiger partial charge in [-0.25, -0.2) is 5.06 Å². The summed E-state index contributed by atoms with van der Waals surface area (Å²) in [6.45, 7) is 0.541. The van der Waals surface area contributed by atoms with Crippen molar-refractivity contribution in [2.24, 2.45) is 5.41 Å². The Morgan fingerprint density at radius 3 is 2.33 bits per heavy atom. The lowest BCUT2D eigenvalue weighted by atomic mass is 9.73. The van der Waals surface area contributed by atoms with Gasteiger partial charge in [0.15, 0.2) is 0 Å². The molecule has 0 aromatic carbocycles. The minimum Gasteiger partial charge on any atom is -0.286 e. The van der Waals surface area contributed by atoms with Crippen LogP contribution < -0.4 is 0 Å². The van der Waals surface area contributed by atoms with E-state index in [9.17, 15) is 10.0 Å². The Hall–Kier alpha value is -0.570. The molecule has 1 saturated carbocycles. The molecule has 1 heterocycles. The third-order valence-electron chi connectivity index (χ3n) is 3.30. The van der Waals surface area contributed by atoms with Gasteiger partial charge in [0.05, 0.1) is 5.41 Å². The summed E-state index contributed by atoms with van der Waals surface area (Å²) in [6, 6.07) is 0. The van der Waals surface area contributed by atoms with Crippen LogP contribution in [-0.4, -0.2) is 22.7 Å². The summed E-state index contributed by atoms with van der Waals surface area (Å²) in [6.07, 6.45) is 6.40. The van der Waals surface area contributed by atoms with Crippen LogP contribution in [0, 0.1) is 5.41 Å². The van der Waals surface area contributed by atoms with Crippen LogP contribution >= 0.6 is 0 Å². The fraction of sp³-hybridized carbons (Fsp3) is 0.889. The van der Waals surface area contributed by atoms with Gasteiger partial charge in [0, 0.05) is 6.54 Å². The SMILES string of the molecule is O=C1N(O)CCC12CCCCC2. The number of hydroxylamine groups is 2. The van der Waals surface area contributed by atoms with Crippen molar-refractivity contribution >= 4 is 5.91 Å². The molecule has 1 aliphatic carbocycles. The molecule has 0 radical (unpaired) electrons. The van der Waals surface area contributed by atoms with E-state index < -0.39 is 0 Å². The Morgan fingerprint density at radius 2 is 1.83 bits per heavy atom. The van der Waals surface area contributed by atoms with Gasteiger partial charge in [-0.1, -0.05) is 19.3 Å². The third kappa shape index (κ3) is 1.04. The fourth-order valence-corrected chi connectivity index (χ4v) is 2.49. The van der Waals surface area contributed by atoms with Gasteiger partial charge in [-0.2, -0.15) is 0 Å². The quantitative estimate of drug-likeness (QED) is 0.559. The predicted molar refractivity (Wildman–Crippen MR) is 43.6 cm³/mol. The number of carbonyl (C=O) groups is 1. The molecule has 0 atom stereocenters. The molecule has 1 amide bonds. The van der Waals surface area contributed by atoms with Gasteiger partial charge in [-0.05, 0) is 19.3 Å². The van der Waals surface area contributed by atoms with Gasteiger partial charge >= 0.3 is 0 Å². The highest BCUT2D eigenvalue weighted by molar-refractivity contribution is 5.83. The molecule has 1 aliphatic heterocycles. The molecule has 0 aromatic rings. The molecule has 1 N–H and O–H groups in total. The standard InChI is InChI=1S/C9H15NO2/c11-8-9(6-7-10(8)12)4-2-1-3-5-9/h12H,1-7H2. The molecule has 12 heavy (non-hydrogen) atoms. The Morgan fingerprint density at radius 1 is 1.17 bits per heavy atom. The topological polar surface area (TPSA) is 40.5 Å². The molecule has 2 rings (SSSR count). The molecule has 1 saturated heterocycles. The van der Waals surface area contributed by atoms with Crippen molar-refractivity contribution in [2.45, 2.75) is 38.5 Å². The Bertz CT molecular complexity index is 191.